The second-order valence-corrected chi connectivity index (χ2v) is 10.6. The van der Waals surface area contributed by atoms with Crippen molar-refractivity contribution in [3.8, 4) is 0 Å². The summed E-state index contributed by atoms with van der Waals surface area (Å²) in [5.41, 5.74) is 0.698. The first kappa shape index (κ1) is 22.6. The Morgan fingerprint density at radius 3 is 2.35 bits per heavy atom. The summed E-state index contributed by atoms with van der Waals surface area (Å²) in [5.74, 6) is 2.37. The topological polar surface area (TPSA) is 62.3 Å². The lowest BCUT2D eigenvalue weighted by atomic mass is 9.87. The number of carbonyl (C=O) groups is 2. The van der Waals surface area contributed by atoms with Crippen molar-refractivity contribution in [3.05, 3.63) is 23.9 Å². The molecule has 2 aliphatic carbocycles. The smallest absolute Gasteiger partial charge is 0.254 e. The van der Waals surface area contributed by atoms with E-state index in [1.54, 1.807) is 18.0 Å². The molecule has 0 radical (unpaired) electrons. The van der Waals surface area contributed by atoms with Crippen molar-refractivity contribution in [3.63, 3.8) is 0 Å². The minimum Gasteiger partial charge on any atom is -0.349 e. The van der Waals surface area contributed by atoms with Gasteiger partial charge in [-0.1, -0.05) is 38.5 Å². The molecule has 2 heterocycles. The Hall–Kier alpha value is -1.56. The van der Waals surface area contributed by atoms with Gasteiger partial charge in [-0.2, -0.15) is 0 Å². The lowest BCUT2D eigenvalue weighted by Crippen LogP contribution is -2.48. The first-order valence-electron chi connectivity index (χ1n) is 12.4. The number of amides is 2. The molecule has 2 saturated carbocycles. The van der Waals surface area contributed by atoms with E-state index >= 15 is 0 Å². The predicted octanol–water partition coefficient (Wildman–Crippen LogP) is 5.06. The quantitative estimate of drug-likeness (QED) is 0.625. The summed E-state index contributed by atoms with van der Waals surface area (Å²) in [5, 5.41) is 4.08. The van der Waals surface area contributed by atoms with Crippen LogP contribution in [0.5, 0.6) is 0 Å². The number of carbonyl (C=O) groups excluding carboxylic acids is 2. The van der Waals surface area contributed by atoms with Gasteiger partial charge in [0.05, 0.1) is 5.56 Å². The number of thioether (sulfide) groups is 1. The van der Waals surface area contributed by atoms with Gasteiger partial charge in [0.15, 0.2) is 0 Å². The fraction of sp³-hybridized carbons (Fsp3) is 0.720. The Bertz CT molecular complexity index is 736. The van der Waals surface area contributed by atoms with Crippen LogP contribution in [0, 0.1) is 11.8 Å². The van der Waals surface area contributed by atoms with E-state index in [-0.39, 0.29) is 17.9 Å². The molecule has 1 aliphatic heterocycles. The van der Waals surface area contributed by atoms with Crippen molar-refractivity contribution in [2.45, 2.75) is 88.1 Å². The van der Waals surface area contributed by atoms with E-state index in [1.165, 1.54) is 51.4 Å². The van der Waals surface area contributed by atoms with Gasteiger partial charge in [0, 0.05) is 37.0 Å². The molecule has 1 aromatic rings. The third-order valence-electron chi connectivity index (χ3n) is 7.29. The molecule has 1 aromatic heterocycles. The second-order valence-electron chi connectivity index (χ2n) is 9.58. The van der Waals surface area contributed by atoms with Crippen LogP contribution in [0.1, 0.15) is 87.4 Å². The number of hydrogen-bond donors (Lipinski definition) is 1. The van der Waals surface area contributed by atoms with E-state index < -0.39 is 0 Å². The van der Waals surface area contributed by atoms with Crippen LogP contribution in [0.2, 0.25) is 0 Å². The second kappa shape index (κ2) is 11.3. The molecular weight excluding hydrogens is 406 g/mol. The molecule has 0 atom stereocenters. The first-order valence-corrected chi connectivity index (χ1v) is 13.4. The Labute approximate surface area is 191 Å². The average Bonchev–Trinajstić information content (AvgIpc) is 2.84. The molecule has 1 N–H and O–H groups in total. The van der Waals surface area contributed by atoms with Crippen molar-refractivity contribution >= 4 is 23.6 Å². The minimum absolute atomic E-state index is 0.0173. The number of piperidine rings is 1. The molecule has 4 rings (SSSR count). The van der Waals surface area contributed by atoms with Gasteiger partial charge < -0.3 is 10.2 Å². The summed E-state index contributed by atoms with van der Waals surface area (Å²) in [6.07, 6.45) is 15.9. The van der Waals surface area contributed by atoms with Crippen molar-refractivity contribution in [2.24, 2.45) is 11.8 Å². The molecule has 3 aliphatic rings. The normalized spacial score (nSPS) is 21.7. The molecule has 3 fully saturated rings. The Balaban J connectivity index is 1.26. The van der Waals surface area contributed by atoms with Crippen LogP contribution in [-0.2, 0) is 4.79 Å². The molecule has 2 amide bonds. The molecule has 5 nitrogen and oxygen atoms in total. The van der Waals surface area contributed by atoms with Gasteiger partial charge in [0.1, 0.15) is 5.03 Å². The largest absolute Gasteiger partial charge is 0.349 e. The Kier molecular flexibility index (Phi) is 8.28. The number of likely N-dealkylation sites (tertiary alicyclic amines) is 1. The number of rotatable bonds is 6. The molecule has 170 valence electrons. The predicted molar refractivity (Wildman–Crippen MR) is 125 cm³/mol. The highest BCUT2D eigenvalue weighted by atomic mass is 32.2. The highest BCUT2D eigenvalue weighted by Crippen LogP contribution is 2.31. The summed E-state index contributed by atoms with van der Waals surface area (Å²) in [4.78, 5) is 32.3. The van der Waals surface area contributed by atoms with Crippen LogP contribution in [0.3, 0.4) is 0 Å². The fourth-order valence-electron chi connectivity index (χ4n) is 5.34. The highest BCUT2D eigenvalue weighted by molar-refractivity contribution is 7.99. The number of nitrogens with one attached hydrogen (secondary N) is 1. The van der Waals surface area contributed by atoms with E-state index in [0.717, 1.165) is 55.5 Å². The molecule has 31 heavy (non-hydrogen) atoms. The zero-order valence-electron chi connectivity index (χ0n) is 18.7. The number of pyridine rings is 1. The molecule has 0 bridgehead atoms. The molecule has 0 spiro atoms. The first-order chi connectivity index (χ1) is 15.2. The van der Waals surface area contributed by atoms with Gasteiger partial charge in [0.2, 0.25) is 5.91 Å². The summed E-state index contributed by atoms with van der Waals surface area (Å²) >= 11 is 1.74. The summed E-state index contributed by atoms with van der Waals surface area (Å²) < 4.78 is 0. The van der Waals surface area contributed by atoms with E-state index in [2.05, 4.69) is 10.3 Å². The Morgan fingerprint density at radius 2 is 1.65 bits per heavy atom. The summed E-state index contributed by atoms with van der Waals surface area (Å²) in [6.45, 7) is 1.52. The molecule has 0 aromatic carbocycles. The van der Waals surface area contributed by atoms with Crippen LogP contribution < -0.4 is 5.32 Å². The SMILES string of the molecule is O=C(NC1CCN(C(=O)C2CCCCC2)CC1)c1cccnc1SCC1CCCCC1. The standard InChI is InChI=1S/C25H37N3O2S/c29-23(22-12-7-15-26-24(22)31-18-19-8-3-1-4-9-19)27-21-13-16-28(17-14-21)25(30)20-10-5-2-6-11-20/h7,12,15,19-21H,1-6,8-11,13-14,16-18H2,(H,27,29). The van der Waals surface area contributed by atoms with Crippen molar-refractivity contribution < 1.29 is 9.59 Å². The molecular formula is C25H37N3O2S. The van der Waals surface area contributed by atoms with Crippen LogP contribution in [0.15, 0.2) is 23.4 Å². The van der Waals surface area contributed by atoms with E-state index in [4.69, 9.17) is 0 Å². The number of hydrogen-bond acceptors (Lipinski definition) is 4. The van der Waals surface area contributed by atoms with Crippen molar-refractivity contribution in [2.75, 3.05) is 18.8 Å². The summed E-state index contributed by atoms with van der Waals surface area (Å²) in [6, 6.07) is 3.89. The summed E-state index contributed by atoms with van der Waals surface area (Å²) in [7, 11) is 0. The zero-order valence-corrected chi connectivity index (χ0v) is 19.5. The maximum atomic E-state index is 13.0. The minimum atomic E-state index is -0.0173. The van der Waals surface area contributed by atoms with Crippen LogP contribution >= 0.6 is 11.8 Å². The van der Waals surface area contributed by atoms with Crippen molar-refractivity contribution in [1.29, 1.82) is 0 Å². The van der Waals surface area contributed by atoms with Gasteiger partial charge in [0.25, 0.3) is 5.91 Å². The maximum Gasteiger partial charge on any atom is 0.254 e. The number of aromatic nitrogens is 1. The highest BCUT2D eigenvalue weighted by Gasteiger charge is 2.30. The molecule has 6 heteroatoms. The van der Waals surface area contributed by atoms with Gasteiger partial charge in [-0.3, -0.25) is 9.59 Å². The molecule has 1 saturated heterocycles. The maximum absolute atomic E-state index is 13.0. The van der Waals surface area contributed by atoms with Crippen molar-refractivity contribution in [1.82, 2.24) is 15.2 Å². The average molecular weight is 444 g/mol. The monoisotopic (exact) mass is 443 g/mol. The van der Waals surface area contributed by atoms with Gasteiger partial charge in [-0.05, 0) is 56.6 Å². The van der Waals surface area contributed by atoms with Crippen LogP contribution in [0.4, 0.5) is 0 Å². The lowest BCUT2D eigenvalue weighted by Gasteiger charge is -2.35. The third kappa shape index (κ3) is 6.24. The Morgan fingerprint density at radius 1 is 0.968 bits per heavy atom. The van der Waals surface area contributed by atoms with E-state index in [0.29, 0.717) is 11.5 Å². The van der Waals surface area contributed by atoms with Gasteiger partial charge in [-0.15, -0.1) is 11.8 Å². The fourth-order valence-corrected chi connectivity index (χ4v) is 6.52. The third-order valence-corrected chi connectivity index (χ3v) is 8.53. The van der Waals surface area contributed by atoms with Gasteiger partial charge >= 0.3 is 0 Å². The van der Waals surface area contributed by atoms with Crippen LogP contribution in [0.25, 0.3) is 0 Å². The number of nitrogens with zero attached hydrogens (tertiary/aromatic N) is 2. The van der Waals surface area contributed by atoms with Crippen LogP contribution in [-0.4, -0.2) is 46.6 Å². The zero-order chi connectivity index (χ0) is 21.5. The van der Waals surface area contributed by atoms with E-state index in [9.17, 15) is 9.59 Å². The lowest BCUT2D eigenvalue weighted by molar-refractivity contribution is -0.137. The van der Waals surface area contributed by atoms with E-state index in [1.807, 2.05) is 17.0 Å². The molecule has 0 unspecified atom stereocenters. The van der Waals surface area contributed by atoms with Gasteiger partial charge in [-0.25, -0.2) is 4.98 Å².